The normalized spacial score (nSPS) is 22.7. The lowest BCUT2D eigenvalue weighted by Gasteiger charge is -2.49. The number of hydrogen-bond acceptors (Lipinski definition) is 6. The van der Waals surface area contributed by atoms with E-state index in [0.29, 0.717) is 35.2 Å². The van der Waals surface area contributed by atoms with Gasteiger partial charge in [-0.2, -0.15) is 0 Å². The molecule has 2 heterocycles. The van der Waals surface area contributed by atoms with Gasteiger partial charge in [-0.25, -0.2) is 23.0 Å². The van der Waals surface area contributed by atoms with Crippen LogP contribution in [0.5, 0.6) is 0 Å². The molecule has 41 heavy (non-hydrogen) atoms. The van der Waals surface area contributed by atoms with Gasteiger partial charge in [-0.05, 0) is 54.3 Å². The van der Waals surface area contributed by atoms with Gasteiger partial charge in [0.15, 0.2) is 0 Å². The zero-order chi connectivity index (χ0) is 29.1. The van der Waals surface area contributed by atoms with Crippen molar-refractivity contribution in [3.63, 3.8) is 0 Å². The zero-order valence-electron chi connectivity index (χ0n) is 22.3. The Morgan fingerprint density at radius 1 is 1.10 bits per heavy atom. The summed E-state index contributed by atoms with van der Waals surface area (Å²) in [5.41, 5.74) is 4.26. The van der Waals surface area contributed by atoms with Crippen LogP contribution in [0.15, 0.2) is 66.9 Å². The Morgan fingerprint density at radius 2 is 1.85 bits per heavy atom. The third-order valence-corrected chi connectivity index (χ3v) is 8.57. The second-order valence-electron chi connectivity index (χ2n) is 10.3. The number of hydroxylamine groups is 1. The zero-order valence-corrected chi connectivity index (χ0v) is 23.9. The minimum atomic E-state index is -3.61. The summed E-state index contributed by atoms with van der Waals surface area (Å²) in [7, 11) is -3.61. The van der Waals surface area contributed by atoms with Gasteiger partial charge in [-0.3, -0.25) is 19.4 Å². The van der Waals surface area contributed by atoms with Gasteiger partial charge in [0.25, 0.3) is 11.8 Å². The second kappa shape index (κ2) is 12.2. The summed E-state index contributed by atoms with van der Waals surface area (Å²) in [4.78, 5) is 39.4. The van der Waals surface area contributed by atoms with Gasteiger partial charge in [-0.15, -0.1) is 0 Å². The largest absolute Gasteiger partial charge is 0.326 e. The fourth-order valence-corrected chi connectivity index (χ4v) is 6.96. The van der Waals surface area contributed by atoms with Crippen molar-refractivity contribution in [1.82, 2.24) is 20.1 Å². The number of carbonyl (C=O) groups is 2. The molecule has 216 valence electrons. The average Bonchev–Trinajstić information content (AvgIpc) is 2.93. The maximum absolute atomic E-state index is 14.2. The van der Waals surface area contributed by atoms with Crippen molar-refractivity contribution in [3.05, 3.63) is 100 Å². The van der Waals surface area contributed by atoms with Gasteiger partial charge >= 0.3 is 0 Å². The molecule has 2 aromatic carbocycles. The van der Waals surface area contributed by atoms with E-state index in [1.165, 1.54) is 12.1 Å². The molecule has 1 aromatic heterocycles. The molecule has 12 heteroatoms. The van der Waals surface area contributed by atoms with Crippen LogP contribution in [0, 0.1) is 5.82 Å². The quantitative estimate of drug-likeness (QED) is 0.373. The van der Waals surface area contributed by atoms with Crippen LogP contribution in [0.1, 0.15) is 64.8 Å². The monoisotopic (exact) mass is 600 g/mol. The van der Waals surface area contributed by atoms with Gasteiger partial charge in [0.1, 0.15) is 12.4 Å². The van der Waals surface area contributed by atoms with E-state index in [1.54, 1.807) is 53.6 Å². The minimum absolute atomic E-state index is 0.00847. The van der Waals surface area contributed by atoms with Gasteiger partial charge in [0, 0.05) is 28.9 Å². The second-order valence-corrected chi connectivity index (χ2v) is 12.5. The number of halogens is 2. The molecule has 1 fully saturated rings. The maximum atomic E-state index is 14.2. The Balaban J connectivity index is 1.60. The van der Waals surface area contributed by atoms with Crippen LogP contribution in [0.2, 0.25) is 5.02 Å². The third kappa shape index (κ3) is 6.43. The van der Waals surface area contributed by atoms with Crippen molar-refractivity contribution >= 4 is 33.4 Å². The molecular weight excluding hydrogens is 571 g/mol. The number of sulfonamides is 1. The molecule has 0 radical (unpaired) electrons. The van der Waals surface area contributed by atoms with Crippen LogP contribution in [0.4, 0.5) is 4.39 Å². The Kier molecular flexibility index (Phi) is 8.69. The molecule has 1 aliphatic heterocycles. The van der Waals surface area contributed by atoms with Gasteiger partial charge < -0.3 is 4.90 Å². The molecule has 2 amide bonds. The Morgan fingerprint density at radius 3 is 2.59 bits per heavy atom. The summed E-state index contributed by atoms with van der Waals surface area (Å²) in [6, 6.07) is 13.8. The number of pyridine rings is 1. The smallest absolute Gasteiger partial charge is 0.255 e. The minimum Gasteiger partial charge on any atom is -0.326 e. The van der Waals surface area contributed by atoms with Crippen LogP contribution in [-0.2, 0) is 26.3 Å². The topological polar surface area (TPSA) is 118 Å². The lowest BCUT2D eigenvalue weighted by molar-refractivity contribution is -0.138. The molecule has 3 aromatic rings. The number of amides is 2. The first-order valence-corrected chi connectivity index (χ1v) is 15.6. The first-order chi connectivity index (χ1) is 19.6. The molecule has 2 aliphatic rings. The van der Waals surface area contributed by atoms with Crippen LogP contribution in [-0.4, -0.2) is 48.5 Å². The summed E-state index contributed by atoms with van der Waals surface area (Å²) >= 11 is 6.58. The molecule has 0 saturated heterocycles. The van der Waals surface area contributed by atoms with Gasteiger partial charge in [0.2, 0.25) is 10.0 Å². The van der Waals surface area contributed by atoms with Crippen LogP contribution >= 0.6 is 11.6 Å². The lowest BCUT2D eigenvalue weighted by atomic mass is 9.76. The average molecular weight is 601 g/mol. The van der Waals surface area contributed by atoms with E-state index in [4.69, 9.17) is 16.4 Å². The van der Waals surface area contributed by atoms with E-state index in [0.717, 1.165) is 25.2 Å². The molecule has 2 N–H and O–H groups in total. The molecule has 0 spiro atoms. The number of benzene rings is 2. The fourth-order valence-electron chi connectivity index (χ4n) is 5.86. The molecule has 0 bridgehead atoms. The lowest BCUT2D eigenvalue weighted by Crippen LogP contribution is -2.59. The van der Waals surface area contributed by atoms with Crippen molar-refractivity contribution in [2.75, 3.05) is 6.26 Å². The van der Waals surface area contributed by atoms with Crippen LogP contribution in [0.3, 0.4) is 0 Å². The number of nitrogens with one attached hydrogen (secondary N) is 2. The molecule has 1 saturated carbocycles. The summed E-state index contributed by atoms with van der Waals surface area (Å²) < 4.78 is 41.5. The first-order valence-electron chi connectivity index (χ1n) is 13.3. The van der Waals surface area contributed by atoms with Crippen LogP contribution in [0.25, 0.3) is 0 Å². The summed E-state index contributed by atoms with van der Waals surface area (Å²) in [6.07, 6.45) is 5.23. The first kappa shape index (κ1) is 29.1. The Bertz CT molecular complexity index is 1540. The Labute approximate surface area is 243 Å². The summed E-state index contributed by atoms with van der Waals surface area (Å²) in [5.74, 6) is -2.48. The summed E-state index contributed by atoms with van der Waals surface area (Å²) in [6.45, 7) is 0.00847. The highest BCUT2D eigenvalue weighted by Crippen LogP contribution is 2.47. The highest BCUT2D eigenvalue weighted by Gasteiger charge is 2.49. The highest BCUT2D eigenvalue weighted by molar-refractivity contribution is 7.88. The van der Waals surface area contributed by atoms with E-state index < -0.39 is 45.8 Å². The van der Waals surface area contributed by atoms with E-state index in [-0.39, 0.29) is 17.5 Å². The van der Waals surface area contributed by atoms with Crippen LogP contribution < -0.4 is 10.2 Å². The van der Waals surface area contributed by atoms with E-state index >= 15 is 0 Å². The number of hydrogen-bond donors (Lipinski definition) is 2. The van der Waals surface area contributed by atoms with Crippen molar-refractivity contribution in [1.29, 1.82) is 0 Å². The molecule has 9 nitrogen and oxygen atoms in total. The van der Waals surface area contributed by atoms with Crippen molar-refractivity contribution in [2.24, 2.45) is 0 Å². The molecule has 4 atom stereocenters. The molecular formula is C29H30ClFN4O5S. The predicted octanol–water partition coefficient (Wildman–Crippen LogP) is 4.26. The van der Waals surface area contributed by atoms with Gasteiger partial charge in [-0.1, -0.05) is 54.8 Å². The van der Waals surface area contributed by atoms with Crippen molar-refractivity contribution in [2.45, 2.75) is 56.3 Å². The number of fused-ring (bicyclic) bond motifs is 1. The standard InChI is InChI=1S/C29H30ClFN4O5S/c1-41(38,39)34-24-11-4-5-12-25(24)35-27(22-14-13-18(31)16-23(22)30)26(20-9-2-3-10-21(20)29(35)37)28(36)33-40-17-19-8-6-7-15-32-19/h2-3,6-10,13-16,24-27,34H,4-5,11-12,17H2,1H3,(H,33,36)/t24-,25-,26-,27+/m1/s1. The van der Waals surface area contributed by atoms with Crippen molar-refractivity contribution < 1.29 is 27.2 Å². The molecule has 1 aliphatic carbocycles. The Hall–Kier alpha value is -3.38. The molecule has 0 unspecified atom stereocenters. The predicted molar refractivity (Wildman–Crippen MR) is 151 cm³/mol. The third-order valence-electron chi connectivity index (χ3n) is 7.51. The number of nitrogens with zero attached hydrogens (tertiary/aromatic N) is 2. The maximum Gasteiger partial charge on any atom is 0.255 e. The van der Waals surface area contributed by atoms with Crippen molar-refractivity contribution in [3.8, 4) is 0 Å². The fraction of sp³-hybridized carbons (Fsp3) is 0.345. The molecule has 5 rings (SSSR count). The summed E-state index contributed by atoms with van der Waals surface area (Å²) in [5, 5.41) is 0.0443. The van der Waals surface area contributed by atoms with E-state index in [1.807, 2.05) is 0 Å². The SMILES string of the molecule is CS(=O)(=O)N[C@@H]1CCCC[C@H]1N1C(=O)c2ccccc2[C@@H](C(=O)NOCc2ccccn2)[C@@H]1c1ccc(F)cc1Cl. The van der Waals surface area contributed by atoms with Gasteiger partial charge in [0.05, 0.1) is 23.9 Å². The van der Waals surface area contributed by atoms with E-state index in [2.05, 4.69) is 15.2 Å². The van der Waals surface area contributed by atoms with E-state index in [9.17, 15) is 22.4 Å². The number of carbonyl (C=O) groups excluding carboxylic acids is 2. The highest BCUT2D eigenvalue weighted by atomic mass is 35.5. The number of rotatable bonds is 8. The number of aromatic nitrogens is 1.